The topological polar surface area (TPSA) is 47.6 Å². The lowest BCUT2D eigenvalue weighted by atomic mass is 9.94. The third kappa shape index (κ3) is 1.11. The fraction of sp³-hybridized carbons (Fsp3) is 0.714. The molecule has 0 aromatic carbocycles. The van der Waals surface area contributed by atoms with E-state index >= 15 is 0 Å². The van der Waals surface area contributed by atoms with Crippen molar-refractivity contribution in [1.29, 1.82) is 10.5 Å². The molecular formula is C7H2F6N2. The first-order valence-corrected chi connectivity index (χ1v) is 3.54. The monoisotopic (exact) mass is 228 g/mol. The molecule has 82 valence electrons. The van der Waals surface area contributed by atoms with Crippen LogP contribution < -0.4 is 0 Å². The van der Waals surface area contributed by atoms with Crippen LogP contribution in [0.3, 0.4) is 0 Å². The van der Waals surface area contributed by atoms with Gasteiger partial charge in [-0.3, -0.25) is 0 Å². The van der Waals surface area contributed by atoms with Crippen LogP contribution in [0, 0.1) is 33.5 Å². The Morgan fingerprint density at radius 1 is 0.800 bits per heavy atom. The lowest BCUT2D eigenvalue weighted by Crippen LogP contribution is -2.37. The molecule has 0 spiro atoms. The highest BCUT2D eigenvalue weighted by Gasteiger charge is 2.91. The third-order valence-corrected chi connectivity index (χ3v) is 2.48. The summed E-state index contributed by atoms with van der Waals surface area (Å²) >= 11 is 0. The fourth-order valence-corrected chi connectivity index (χ4v) is 1.43. The number of rotatable bonds is 0. The molecule has 0 aromatic rings. The van der Waals surface area contributed by atoms with E-state index in [1.165, 1.54) is 0 Å². The quantitative estimate of drug-likeness (QED) is 0.598. The minimum Gasteiger partial charge on any atom is -0.197 e. The Kier molecular flexibility index (Phi) is 1.99. The molecule has 0 radical (unpaired) electrons. The predicted molar refractivity (Wildman–Crippen MR) is 32.8 cm³/mol. The summed E-state index contributed by atoms with van der Waals surface area (Å²) in [5, 5.41) is 16.4. The molecule has 2 atom stereocenters. The van der Waals surface area contributed by atoms with Gasteiger partial charge in [-0.1, -0.05) is 0 Å². The highest BCUT2D eigenvalue weighted by Crippen LogP contribution is 2.76. The second kappa shape index (κ2) is 2.57. The smallest absolute Gasteiger partial charge is 0.197 e. The number of halogens is 6. The molecule has 0 saturated heterocycles. The van der Waals surface area contributed by atoms with Gasteiger partial charge in [0.1, 0.15) is 0 Å². The third-order valence-electron chi connectivity index (χ3n) is 2.48. The molecule has 0 aliphatic heterocycles. The zero-order chi connectivity index (χ0) is 12.1. The lowest BCUT2D eigenvalue weighted by molar-refractivity contribution is -0.226. The molecule has 0 aromatic heterocycles. The average molecular weight is 228 g/mol. The molecule has 8 heteroatoms. The Labute approximate surface area is 79.7 Å². The molecule has 1 aliphatic rings. The van der Waals surface area contributed by atoms with E-state index < -0.39 is 29.6 Å². The van der Waals surface area contributed by atoms with E-state index in [2.05, 4.69) is 0 Å². The van der Waals surface area contributed by atoms with E-state index in [1.807, 2.05) is 0 Å². The van der Waals surface area contributed by atoms with Crippen LogP contribution in [0.5, 0.6) is 0 Å². The van der Waals surface area contributed by atoms with Crippen LogP contribution in [0.1, 0.15) is 6.42 Å². The van der Waals surface area contributed by atoms with E-state index in [9.17, 15) is 26.3 Å². The molecule has 15 heavy (non-hydrogen) atoms. The summed E-state index contributed by atoms with van der Waals surface area (Å²) in [5.41, 5.74) is -7.21. The summed E-state index contributed by atoms with van der Waals surface area (Å²) in [6.07, 6.45) is -12.2. The van der Waals surface area contributed by atoms with Gasteiger partial charge < -0.3 is 0 Å². The molecule has 0 N–H and O–H groups in total. The minimum atomic E-state index is -5.35. The Balaban J connectivity index is 3.28. The van der Waals surface area contributed by atoms with Crippen molar-refractivity contribution in [3.05, 3.63) is 0 Å². The average Bonchev–Trinajstić information content (AvgIpc) is 2.72. The van der Waals surface area contributed by atoms with E-state index in [4.69, 9.17) is 10.5 Å². The molecule has 1 fully saturated rings. The number of alkyl halides is 6. The molecule has 1 aliphatic carbocycles. The molecule has 1 rings (SSSR count). The maximum atomic E-state index is 12.2. The van der Waals surface area contributed by atoms with Crippen LogP contribution in [0.15, 0.2) is 0 Å². The first-order chi connectivity index (χ1) is 6.58. The summed E-state index contributed by atoms with van der Waals surface area (Å²) in [6.45, 7) is 0. The van der Waals surface area contributed by atoms with Crippen molar-refractivity contribution >= 4 is 0 Å². The lowest BCUT2D eigenvalue weighted by Gasteiger charge is -2.19. The Morgan fingerprint density at radius 3 is 1.13 bits per heavy atom. The molecular weight excluding hydrogens is 226 g/mol. The van der Waals surface area contributed by atoms with Gasteiger partial charge in [0.2, 0.25) is 0 Å². The Morgan fingerprint density at radius 2 is 1.07 bits per heavy atom. The number of hydrogen-bond acceptors (Lipinski definition) is 2. The molecule has 0 amide bonds. The van der Waals surface area contributed by atoms with E-state index in [0.29, 0.717) is 12.1 Å². The van der Waals surface area contributed by atoms with Crippen molar-refractivity contribution in [3.63, 3.8) is 0 Å². The number of hydrogen-bond donors (Lipinski definition) is 0. The molecule has 2 nitrogen and oxygen atoms in total. The SMILES string of the molecule is N#C[C@@]1(C(F)(F)F)C[C@]1(C#N)C(F)(F)F. The number of nitriles is 2. The minimum absolute atomic E-state index is 0.573. The van der Waals surface area contributed by atoms with Gasteiger partial charge in [-0.2, -0.15) is 36.9 Å². The maximum absolute atomic E-state index is 12.2. The molecule has 0 unspecified atom stereocenters. The van der Waals surface area contributed by atoms with Gasteiger partial charge in [0.15, 0.2) is 10.8 Å². The summed E-state index contributed by atoms with van der Waals surface area (Å²) in [4.78, 5) is 0. The normalized spacial score (nSPS) is 35.5. The first-order valence-electron chi connectivity index (χ1n) is 3.54. The highest BCUT2D eigenvalue weighted by molar-refractivity contribution is 5.37. The Hall–Kier alpha value is -1.44. The molecule has 1 saturated carbocycles. The van der Waals surface area contributed by atoms with Crippen molar-refractivity contribution in [1.82, 2.24) is 0 Å². The predicted octanol–water partition coefficient (Wildman–Crippen LogP) is 2.53. The largest absolute Gasteiger partial charge is 0.409 e. The summed E-state index contributed by atoms with van der Waals surface area (Å²) in [5.74, 6) is 0. The van der Waals surface area contributed by atoms with Crippen LogP contribution in [-0.2, 0) is 0 Å². The van der Waals surface area contributed by atoms with E-state index in [-0.39, 0.29) is 0 Å². The summed E-state index contributed by atoms with van der Waals surface area (Å²) in [7, 11) is 0. The van der Waals surface area contributed by atoms with Crippen LogP contribution in [0.2, 0.25) is 0 Å². The zero-order valence-corrected chi connectivity index (χ0v) is 6.87. The van der Waals surface area contributed by atoms with Gasteiger partial charge in [-0.15, -0.1) is 0 Å². The van der Waals surface area contributed by atoms with Gasteiger partial charge in [-0.25, -0.2) is 0 Å². The first kappa shape index (κ1) is 11.6. The van der Waals surface area contributed by atoms with Crippen LogP contribution in [-0.4, -0.2) is 12.4 Å². The Bertz CT molecular complexity index is 333. The van der Waals surface area contributed by atoms with Crippen molar-refractivity contribution < 1.29 is 26.3 Å². The highest BCUT2D eigenvalue weighted by atomic mass is 19.4. The van der Waals surface area contributed by atoms with Gasteiger partial charge in [-0.05, 0) is 0 Å². The van der Waals surface area contributed by atoms with Crippen molar-refractivity contribution in [2.75, 3.05) is 0 Å². The summed E-state index contributed by atoms with van der Waals surface area (Å²) < 4.78 is 73.4. The standard InChI is InChI=1S/C7H2F6N2/c8-6(9,10)4(2-14)1-5(4,3-15)7(11,12)13/h1H2/t4-,5+. The maximum Gasteiger partial charge on any atom is 0.409 e. The van der Waals surface area contributed by atoms with Crippen LogP contribution in [0.4, 0.5) is 26.3 Å². The van der Waals surface area contributed by atoms with Gasteiger partial charge in [0.25, 0.3) is 0 Å². The molecule has 0 heterocycles. The van der Waals surface area contributed by atoms with Crippen LogP contribution >= 0.6 is 0 Å². The van der Waals surface area contributed by atoms with Gasteiger partial charge in [0, 0.05) is 6.42 Å². The van der Waals surface area contributed by atoms with E-state index in [0.717, 1.165) is 0 Å². The van der Waals surface area contributed by atoms with Crippen molar-refractivity contribution in [3.8, 4) is 12.1 Å². The van der Waals surface area contributed by atoms with Gasteiger partial charge in [0.05, 0.1) is 12.1 Å². The molecule has 0 bridgehead atoms. The zero-order valence-electron chi connectivity index (χ0n) is 6.87. The second-order valence-electron chi connectivity index (χ2n) is 3.21. The van der Waals surface area contributed by atoms with E-state index in [1.54, 1.807) is 0 Å². The fourth-order valence-electron chi connectivity index (χ4n) is 1.43. The summed E-state index contributed by atoms with van der Waals surface area (Å²) in [6, 6.07) is 1.15. The van der Waals surface area contributed by atoms with Crippen molar-refractivity contribution in [2.24, 2.45) is 10.8 Å². The van der Waals surface area contributed by atoms with Gasteiger partial charge >= 0.3 is 12.4 Å². The second-order valence-corrected chi connectivity index (χ2v) is 3.21. The van der Waals surface area contributed by atoms with Crippen molar-refractivity contribution in [2.45, 2.75) is 18.8 Å². The number of nitrogens with zero attached hydrogens (tertiary/aromatic N) is 2. The van der Waals surface area contributed by atoms with Crippen LogP contribution in [0.25, 0.3) is 0 Å².